The second-order valence-corrected chi connectivity index (χ2v) is 7.44. The molecule has 2 fully saturated rings. The van der Waals surface area contributed by atoms with Crippen LogP contribution in [-0.4, -0.2) is 17.7 Å². The van der Waals surface area contributed by atoms with Crippen LogP contribution in [0, 0.1) is 17.3 Å². The summed E-state index contributed by atoms with van der Waals surface area (Å²) in [6.45, 7) is 0.141. The molecule has 2 saturated carbocycles. The van der Waals surface area contributed by atoms with Crippen molar-refractivity contribution in [2.75, 3.05) is 0 Å². The Balaban J connectivity index is 1.51. The number of ketones is 1. The molecule has 28 heavy (non-hydrogen) atoms. The molecule has 2 aliphatic carbocycles. The van der Waals surface area contributed by atoms with Crippen LogP contribution in [0.1, 0.15) is 30.4 Å². The summed E-state index contributed by atoms with van der Waals surface area (Å²) in [5, 5.41) is 0. The maximum absolute atomic E-state index is 13.0. The van der Waals surface area contributed by atoms with Crippen LogP contribution in [0.5, 0.6) is 0 Å². The highest BCUT2D eigenvalue weighted by Gasteiger charge is 2.79. The van der Waals surface area contributed by atoms with Gasteiger partial charge in [-0.2, -0.15) is 0 Å². The Morgan fingerprint density at radius 3 is 1.82 bits per heavy atom. The molecule has 0 unspecified atom stereocenters. The summed E-state index contributed by atoms with van der Waals surface area (Å²) in [7, 11) is 0. The third kappa shape index (κ3) is 3.21. The predicted octanol–water partition coefficient (Wildman–Crippen LogP) is 3.46. The lowest BCUT2D eigenvalue weighted by Gasteiger charge is -2.16. The number of Topliss-reactive ketones (excluding diaryl/α,β-unsaturated/α-hetero) is 1. The SMILES string of the molecule is O=C1CCC[C@H]2[C@@H]1C2(C(=O)OCc1ccccc1)C(=O)OCc1ccccc1. The highest BCUT2D eigenvalue weighted by molar-refractivity contribution is 6.11. The summed E-state index contributed by atoms with van der Waals surface area (Å²) < 4.78 is 11.0. The maximum atomic E-state index is 13.0. The molecular weight excluding hydrogens is 356 g/mol. The fourth-order valence-electron chi connectivity index (χ4n) is 4.31. The number of carbonyl (C=O) groups is 3. The average Bonchev–Trinajstić information content (AvgIpc) is 3.43. The van der Waals surface area contributed by atoms with E-state index in [4.69, 9.17) is 9.47 Å². The van der Waals surface area contributed by atoms with Gasteiger partial charge in [-0.15, -0.1) is 0 Å². The minimum Gasteiger partial charge on any atom is -0.460 e. The smallest absolute Gasteiger partial charge is 0.324 e. The van der Waals surface area contributed by atoms with Gasteiger partial charge in [0.1, 0.15) is 19.0 Å². The van der Waals surface area contributed by atoms with Gasteiger partial charge in [0.25, 0.3) is 0 Å². The lowest BCUT2D eigenvalue weighted by atomic mass is 10.00. The molecule has 0 radical (unpaired) electrons. The van der Waals surface area contributed by atoms with Gasteiger partial charge in [0.05, 0.1) is 0 Å². The van der Waals surface area contributed by atoms with E-state index >= 15 is 0 Å². The van der Waals surface area contributed by atoms with Crippen molar-refractivity contribution < 1.29 is 23.9 Å². The van der Waals surface area contributed by atoms with Crippen molar-refractivity contribution in [3.8, 4) is 0 Å². The van der Waals surface area contributed by atoms with Crippen LogP contribution in [0.3, 0.4) is 0 Å². The van der Waals surface area contributed by atoms with Gasteiger partial charge in [0.15, 0.2) is 5.41 Å². The molecule has 0 N–H and O–H groups in total. The van der Waals surface area contributed by atoms with E-state index in [-0.39, 0.29) is 24.9 Å². The predicted molar refractivity (Wildman–Crippen MR) is 101 cm³/mol. The van der Waals surface area contributed by atoms with Gasteiger partial charge in [-0.25, -0.2) is 0 Å². The van der Waals surface area contributed by atoms with Crippen molar-refractivity contribution in [1.29, 1.82) is 0 Å². The zero-order chi connectivity index (χ0) is 19.6. The number of benzene rings is 2. The zero-order valence-electron chi connectivity index (χ0n) is 15.5. The Kier molecular flexibility index (Phi) is 4.99. The van der Waals surface area contributed by atoms with Gasteiger partial charge >= 0.3 is 11.9 Å². The molecule has 4 rings (SSSR count). The van der Waals surface area contributed by atoms with E-state index in [2.05, 4.69) is 0 Å². The quantitative estimate of drug-likeness (QED) is 0.569. The van der Waals surface area contributed by atoms with Crippen molar-refractivity contribution >= 4 is 17.7 Å². The fourth-order valence-corrected chi connectivity index (χ4v) is 4.31. The number of esters is 2. The third-order valence-corrected chi connectivity index (χ3v) is 5.75. The summed E-state index contributed by atoms with van der Waals surface area (Å²) in [6.07, 6.45) is 1.76. The van der Waals surface area contributed by atoms with Crippen LogP contribution < -0.4 is 0 Å². The molecule has 0 spiro atoms. The zero-order valence-corrected chi connectivity index (χ0v) is 15.5. The van der Waals surface area contributed by atoms with E-state index in [9.17, 15) is 14.4 Å². The van der Waals surface area contributed by atoms with Gasteiger partial charge in [-0.1, -0.05) is 60.7 Å². The molecule has 0 aliphatic heterocycles. The molecule has 5 nitrogen and oxygen atoms in total. The first-order valence-electron chi connectivity index (χ1n) is 9.59. The van der Waals surface area contributed by atoms with Crippen LogP contribution >= 0.6 is 0 Å². The number of fused-ring (bicyclic) bond motifs is 1. The molecule has 0 aromatic heterocycles. The monoisotopic (exact) mass is 378 g/mol. The largest absolute Gasteiger partial charge is 0.460 e. The molecular formula is C23H22O5. The Hall–Kier alpha value is -2.95. The molecule has 5 heteroatoms. The van der Waals surface area contributed by atoms with E-state index in [0.717, 1.165) is 11.1 Å². The summed E-state index contributed by atoms with van der Waals surface area (Å²) in [5.41, 5.74) is 0.189. The summed E-state index contributed by atoms with van der Waals surface area (Å²) in [6, 6.07) is 18.6. The van der Waals surface area contributed by atoms with Crippen LogP contribution in [0.25, 0.3) is 0 Å². The van der Waals surface area contributed by atoms with E-state index in [1.165, 1.54) is 0 Å². The summed E-state index contributed by atoms with van der Waals surface area (Å²) >= 11 is 0. The molecule has 0 amide bonds. The number of hydrogen-bond donors (Lipinski definition) is 0. The van der Waals surface area contributed by atoms with Crippen molar-refractivity contribution in [2.24, 2.45) is 17.3 Å². The minimum atomic E-state index is -1.48. The molecule has 0 saturated heterocycles. The molecule has 0 heterocycles. The lowest BCUT2D eigenvalue weighted by molar-refractivity contribution is -0.168. The molecule has 0 bridgehead atoms. The number of rotatable bonds is 6. The van der Waals surface area contributed by atoms with E-state index in [1.807, 2.05) is 60.7 Å². The van der Waals surface area contributed by atoms with E-state index in [0.29, 0.717) is 19.3 Å². The minimum absolute atomic E-state index is 0.0374. The van der Waals surface area contributed by atoms with E-state index in [1.54, 1.807) is 0 Å². The Bertz CT molecular complexity index is 819. The number of hydrogen-bond acceptors (Lipinski definition) is 5. The second-order valence-electron chi connectivity index (χ2n) is 7.44. The molecule has 2 aliphatic rings. The van der Waals surface area contributed by atoms with Crippen LogP contribution in [0.4, 0.5) is 0 Å². The lowest BCUT2D eigenvalue weighted by Crippen LogP contribution is -2.34. The van der Waals surface area contributed by atoms with Gasteiger partial charge in [0, 0.05) is 12.3 Å². The van der Waals surface area contributed by atoms with Crippen molar-refractivity contribution in [3.63, 3.8) is 0 Å². The first-order valence-corrected chi connectivity index (χ1v) is 9.59. The van der Waals surface area contributed by atoms with Crippen LogP contribution in [0.2, 0.25) is 0 Å². The Morgan fingerprint density at radius 1 is 0.857 bits per heavy atom. The number of carbonyl (C=O) groups excluding carboxylic acids is 3. The Labute approximate surface area is 163 Å². The standard InChI is InChI=1S/C23H22O5/c24-19-13-7-12-18-20(19)23(18,21(25)27-14-16-8-3-1-4-9-16)22(26)28-15-17-10-5-2-6-11-17/h1-6,8-11,18,20H,7,12-15H2/t18-,20-/m0/s1. The highest BCUT2D eigenvalue weighted by Crippen LogP contribution is 2.65. The fraction of sp³-hybridized carbons (Fsp3) is 0.348. The van der Waals surface area contributed by atoms with Gasteiger partial charge in [-0.3, -0.25) is 14.4 Å². The van der Waals surface area contributed by atoms with Crippen molar-refractivity contribution in [2.45, 2.75) is 32.5 Å². The molecule has 144 valence electrons. The van der Waals surface area contributed by atoms with Gasteiger partial charge in [0.2, 0.25) is 0 Å². The first-order chi connectivity index (χ1) is 13.6. The molecule has 2 atom stereocenters. The summed E-state index contributed by atoms with van der Waals surface area (Å²) in [5.74, 6) is -2.23. The highest BCUT2D eigenvalue weighted by atomic mass is 16.6. The maximum Gasteiger partial charge on any atom is 0.324 e. The Morgan fingerprint density at radius 2 is 1.36 bits per heavy atom. The first kappa shape index (κ1) is 18.4. The average molecular weight is 378 g/mol. The normalized spacial score (nSPS) is 22.1. The molecule has 2 aromatic carbocycles. The van der Waals surface area contributed by atoms with Crippen molar-refractivity contribution in [3.05, 3.63) is 71.8 Å². The van der Waals surface area contributed by atoms with E-state index < -0.39 is 23.3 Å². The second kappa shape index (κ2) is 7.58. The van der Waals surface area contributed by atoms with Crippen LogP contribution in [0.15, 0.2) is 60.7 Å². The molecule has 2 aromatic rings. The summed E-state index contributed by atoms with van der Waals surface area (Å²) in [4.78, 5) is 38.4. The van der Waals surface area contributed by atoms with Crippen LogP contribution in [-0.2, 0) is 37.1 Å². The van der Waals surface area contributed by atoms with Gasteiger partial charge in [-0.05, 0) is 29.9 Å². The topological polar surface area (TPSA) is 69.7 Å². The third-order valence-electron chi connectivity index (χ3n) is 5.75. The van der Waals surface area contributed by atoms with Gasteiger partial charge < -0.3 is 9.47 Å². The number of ether oxygens (including phenoxy) is 2. The van der Waals surface area contributed by atoms with Crippen molar-refractivity contribution in [1.82, 2.24) is 0 Å².